The topological polar surface area (TPSA) is 0 Å². The lowest BCUT2D eigenvalue weighted by Gasteiger charge is -2.60. The number of hydrogen-bond donors (Lipinski definition) is 0. The zero-order valence-corrected chi connectivity index (χ0v) is 14.1. The number of hydrogen-bond acceptors (Lipinski definition) is 0. The summed E-state index contributed by atoms with van der Waals surface area (Å²) in [7, 11) is 0.264. The molecule has 0 unspecified atom stereocenters. The monoisotopic (exact) mass is 280 g/mol. The van der Waals surface area contributed by atoms with Crippen LogP contribution in [0.1, 0.15) is 97.3 Å². The van der Waals surface area contributed by atoms with Gasteiger partial charge in [-0.25, -0.2) is 0 Å². The first-order chi connectivity index (χ1) is 9.19. The van der Waals surface area contributed by atoms with E-state index in [1.807, 2.05) is 0 Å². The molecule has 110 valence electrons. The predicted octanol–water partition coefficient (Wildman–Crippen LogP) is 6.47. The molecule has 3 rings (SSSR count). The molecule has 3 aliphatic rings. The van der Waals surface area contributed by atoms with Crippen molar-refractivity contribution in [2.45, 2.75) is 113 Å². The maximum absolute atomic E-state index is 2.57. The average Bonchev–Trinajstić information content (AvgIpc) is 2.40. The van der Waals surface area contributed by atoms with Crippen LogP contribution in [0.5, 0.6) is 0 Å². The normalized spacial score (nSPS) is 31.1. The van der Waals surface area contributed by atoms with Crippen LogP contribution in [0.15, 0.2) is 0 Å². The van der Waals surface area contributed by atoms with E-state index < -0.39 is 0 Å². The molecule has 2 aliphatic carbocycles. The summed E-state index contributed by atoms with van der Waals surface area (Å²) in [6, 6.07) is 0. The highest BCUT2D eigenvalue weighted by atomic mass is 31.1. The van der Waals surface area contributed by atoms with Gasteiger partial charge in [0.05, 0.1) is 0 Å². The Labute approximate surface area is 121 Å². The first kappa shape index (κ1) is 14.4. The molecule has 1 saturated heterocycles. The van der Waals surface area contributed by atoms with Crippen LogP contribution < -0.4 is 0 Å². The van der Waals surface area contributed by atoms with E-state index >= 15 is 0 Å². The summed E-state index contributed by atoms with van der Waals surface area (Å²) in [6.45, 7) is 5.15. The molecular weight excluding hydrogens is 247 g/mol. The third-order valence-corrected chi connectivity index (χ3v) is 10.8. The summed E-state index contributed by atoms with van der Waals surface area (Å²) in [4.78, 5) is 0. The SMILES string of the molecule is CC(C)P1C2(CCCCC2)CCCC12CCCCC2. The van der Waals surface area contributed by atoms with Gasteiger partial charge in [0.15, 0.2) is 0 Å². The third kappa shape index (κ3) is 2.52. The van der Waals surface area contributed by atoms with Crippen LogP contribution in [-0.2, 0) is 0 Å². The molecule has 2 spiro atoms. The highest BCUT2D eigenvalue weighted by Crippen LogP contribution is 2.75. The van der Waals surface area contributed by atoms with Crippen LogP contribution in [0.2, 0.25) is 0 Å². The van der Waals surface area contributed by atoms with Crippen LogP contribution in [0.25, 0.3) is 0 Å². The lowest BCUT2D eigenvalue weighted by molar-refractivity contribution is 0.281. The predicted molar refractivity (Wildman–Crippen MR) is 87.5 cm³/mol. The Kier molecular flexibility index (Phi) is 4.29. The fraction of sp³-hybridized carbons (Fsp3) is 1.00. The summed E-state index contributed by atoms with van der Waals surface area (Å²) in [5, 5.41) is 1.66. The van der Waals surface area contributed by atoms with Crippen molar-refractivity contribution in [2.75, 3.05) is 0 Å². The molecule has 1 heteroatoms. The first-order valence-electron chi connectivity index (χ1n) is 8.98. The molecule has 19 heavy (non-hydrogen) atoms. The van der Waals surface area contributed by atoms with Crippen molar-refractivity contribution in [1.82, 2.24) is 0 Å². The van der Waals surface area contributed by atoms with E-state index in [2.05, 4.69) is 13.8 Å². The van der Waals surface area contributed by atoms with Crippen molar-refractivity contribution in [3.8, 4) is 0 Å². The molecule has 0 nitrogen and oxygen atoms in total. The van der Waals surface area contributed by atoms with Crippen LogP contribution in [0, 0.1) is 0 Å². The van der Waals surface area contributed by atoms with Gasteiger partial charge in [0.2, 0.25) is 0 Å². The molecule has 0 aromatic rings. The van der Waals surface area contributed by atoms with Crippen molar-refractivity contribution >= 4 is 7.92 Å². The van der Waals surface area contributed by atoms with E-state index in [0.29, 0.717) is 0 Å². The van der Waals surface area contributed by atoms with E-state index in [4.69, 9.17) is 0 Å². The van der Waals surface area contributed by atoms with Crippen LogP contribution in [-0.4, -0.2) is 16.0 Å². The molecule has 0 amide bonds. The third-order valence-electron chi connectivity index (χ3n) is 6.39. The van der Waals surface area contributed by atoms with E-state index in [-0.39, 0.29) is 7.92 Å². The highest BCUT2D eigenvalue weighted by molar-refractivity contribution is 7.61. The second-order valence-corrected chi connectivity index (χ2v) is 11.6. The van der Waals surface area contributed by atoms with Gasteiger partial charge in [0.25, 0.3) is 0 Å². The maximum Gasteiger partial charge on any atom is -0.00871 e. The largest absolute Gasteiger partial charge is 0.0913 e. The zero-order chi connectivity index (χ0) is 13.3. The Bertz CT molecular complexity index is 258. The Morgan fingerprint density at radius 1 is 0.579 bits per heavy atom. The van der Waals surface area contributed by atoms with E-state index in [1.54, 1.807) is 70.6 Å². The Hall–Kier alpha value is 0.430. The van der Waals surface area contributed by atoms with Gasteiger partial charge in [-0.1, -0.05) is 66.7 Å². The molecule has 0 aromatic heterocycles. The summed E-state index contributed by atoms with van der Waals surface area (Å²) in [5.41, 5.74) is 0.978. The highest BCUT2D eigenvalue weighted by Gasteiger charge is 2.53. The molecule has 1 aliphatic heterocycles. The summed E-state index contributed by atoms with van der Waals surface area (Å²) in [6.07, 6.45) is 20.4. The fourth-order valence-corrected chi connectivity index (χ4v) is 11.6. The van der Waals surface area contributed by atoms with Crippen molar-refractivity contribution in [3.63, 3.8) is 0 Å². The minimum atomic E-state index is 0.264. The molecule has 0 aromatic carbocycles. The van der Waals surface area contributed by atoms with Crippen LogP contribution >= 0.6 is 7.92 Å². The molecule has 3 fully saturated rings. The lowest BCUT2D eigenvalue weighted by atomic mass is 9.79. The van der Waals surface area contributed by atoms with E-state index in [1.165, 1.54) is 12.8 Å². The van der Waals surface area contributed by atoms with Crippen LogP contribution in [0.4, 0.5) is 0 Å². The van der Waals surface area contributed by atoms with Gasteiger partial charge in [-0.3, -0.25) is 0 Å². The summed E-state index contributed by atoms with van der Waals surface area (Å²) < 4.78 is 0. The summed E-state index contributed by atoms with van der Waals surface area (Å²) in [5.74, 6) is 0. The van der Waals surface area contributed by atoms with Gasteiger partial charge in [-0.2, -0.15) is 0 Å². The van der Waals surface area contributed by atoms with Crippen molar-refractivity contribution in [2.24, 2.45) is 0 Å². The Morgan fingerprint density at radius 3 is 1.32 bits per heavy atom. The molecule has 0 atom stereocenters. The van der Waals surface area contributed by atoms with Gasteiger partial charge < -0.3 is 0 Å². The minimum Gasteiger partial charge on any atom is -0.0913 e. The Balaban J connectivity index is 1.91. The van der Waals surface area contributed by atoms with Gasteiger partial charge in [-0.15, -0.1) is 0 Å². The van der Waals surface area contributed by atoms with Crippen molar-refractivity contribution < 1.29 is 0 Å². The van der Waals surface area contributed by atoms with Crippen molar-refractivity contribution in [1.29, 1.82) is 0 Å². The minimum absolute atomic E-state index is 0.264. The lowest BCUT2D eigenvalue weighted by Crippen LogP contribution is -2.46. The van der Waals surface area contributed by atoms with E-state index in [9.17, 15) is 0 Å². The van der Waals surface area contributed by atoms with Crippen molar-refractivity contribution in [3.05, 3.63) is 0 Å². The zero-order valence-electron chi connectivity index (χ0n) is 13.2. The Morgan fingerprint density at radius 2 is 0.947 bits per heavy atom. The van der Waals surface area contributed by atoms with Gasteiger partial charge in [-0.05, 0) is 54.5 Å². The first-order valence-corrected chi connectivity index (χ1v) is 10.4. The molecule has 1 heterocycles. The molecule has 2 saturated carbocycles. The van der Waals surface area contributed by atoms with Gasteiger partial charge >= 0.3 is 0 Å². The quantitative estimate of drug-likeness (QED) is 0.483. The standard InChI is InChI=1S/C18H33P/c1-16(2)19-17(10-5-3-6-11-17)14-9-15-18(19)12-7-4-8-13-18/h16H,3-15H2,1-2H3. The van der Waals surface area contributed by atoms with E-state index in [0.717, 1.165) is 16.0 Å². The second-order valence-electron chi connectivity index (χ2n) is 7.89. The molecule has 0 N–H and O–H groups in total. The second kappa shape index (κ2) is 5.67. The van der Waals surface area contributed by atoms with Gasteiger partial charge in [0.1, 0.15) is 0 Å². The average molecular weight is 280 g/mol. The molecular formula is C18H33P. The van der Waals surface area contributed by atoms with Gasteiger partial charge in [0, 0.05) is 0 Å². The molecule has 0 bridgehead atoms. The smallest absolute Gasteiger partial charge is 0.00871 e. The number of rotatable bonds is 1. The molecule has 0 radical (unpaired) electrons. The fourth-order valence-electron chi connectivity index (χ4n) is 5.99. The van der Waals surface area contributed by atoms with Crippen LogP contribution in [0.3, 0.4) is 0 Å². The maximum atomic E-state index is 2.57. The summed E-state index contributed by atoms with van der Waals surface area (Å²) >= 11 is 0.